The van der Waals surface area contributed by atoms with Gasteiger partial charge in [0.15, 0.2) is 0 Å². The molecule has 7 heteroatoms. The van der Waals surface area contributed by atoms with Gasteiger partial charge in [0.1, 0.15) is 23.5 Å². The number of nitrogens with one attached hydrogen (secondary N) is 2. The molecule has 0 radical (unpaired) electrons. The minimum absolute atomic E-state index is 0.151. The zero-order valence-electron chi connectivity index (χ0n) is 9.96. The Balaban J connectivity index is 3.14. The molecule has 6 nitrogen and oxygen atoms in total. The van der Waals surface area contributed by atoms with E-state index in [9.17, 15) is 9.59 Å². The van der Waals surface area contributed by atoms with Gasteiger partial charge in [-0.05, 0) is 13.8 Å². The molecule has 1 aromatic heterocycles. The average molecular weight is 270 g/mol. The molecule has 0 aliphatic rings. The van der Waals surface area contributed by atoms with Gasteiger partial charge in [0.05, 0.1) is 12.2 Å². The fourth-order valence-corrected chi connectivity index (χ4v) is 1.47. The molecule has 96 valence electrons. The normalized spacial score (nSPS) is 9.67. The fourth-order valence-electron chi connectivity index (χ4n) is 1.41. The molecule has 0 bridgehead atoms. The number of hydrogen-bond donors (Lipinski definition) is 2. The van der Waals surface area contributed by atoms with Gasteiger partial charge < -0.3 is 15.0 Å². The summed E-state index contributed by atoms with van der Waals surface area (Å²) in [5.74, 6) is -1.12. The van der Waals surface area contributed by atoms with Crippen LogP contribution in [-0.2, 0) is 9.53 Å². The van der Waals surface area contributed by atoms with Crippen molar-refractivity contribution in [2.24, 2.45) is 0 Å². The lowest BCUT2D eigenvalue weighted by atomic mass is 10.2. The van der Waals surface area contributed by atoms with Gasteiger partial charge in [0.25, 0.3) is 0 Å². The Kier molecular flexibility index (Phi) is 4.75. The van der Waals surface area contributed by atoms with Crippen molar-refractivity contribution in [2.45, 2.75) is 13.8 Å². The highest BCUT2D eigenvalue weighted by molar-refractivity contribution is 6.29. The van der Waals surface area contributed by atoms with Crippen LogP contribution in [0.25, 0.3) is 0 Å². The molecular formula is C11H12ClN3O3. The van der Waals surface area contributed by atoms with Gasteiger partial charge in [-0.15, -0.1) is 11.6 Å². The first-order valence-corrected chi connectivity index (χ1v) is 5.74. The number of esters is 1. The van der Waals surface area contributed by atoms with Crippen LogP contribution < -0.4 is 5.32 Å². The second kappa shape index (κ2) is 6.07. The topological polar surface area (TPSA) is 95.0 Å². The molecule has 1 rings (SSSR count). The number of carbonyl (C=O) groups is 2. The maximum atomic E-state index is 11.6. The van der Waals surface area contributed by atoms with Crippen LogP contribution in [-0.4, -0.2) is 29.3 Å². The lowest BCUT2D eigenvalue weighted by molar-refractivity contribution is -0.113. The lowest BCUT2D eigenvalue weighted by Gasteiger charge is -2.00. The molecule has 0 spiro atoms. The Morgan fingerprint density at radius 2 is 2.22 bits per heavy atom. The molecule has 1 amide bonds. The van der Waals surface area contributed by atoms with Crippen molar-refractivity contribution >= 4 is 29.3 Å². The van der Waals surface area contributed by atoms with Crippen molar-refractivity contribution in [3.05, 3.63) is 16.8 Å². The number of hydrogen-bond acceptors (Lipinski definition) is 4. The smallest absolute Gasteiger partial charge is 0.355 e. The van der Waals surface area contributed by atoms with Crippen LogP contribution in [0, 0.1) is 18.3 Å². The average Bonchev–Trinajstić information content (AvgIpc) is 2.65. The first-order valence-electron chi connectivity index (χ1n) is 5.20. The third-order valence-corrected chi connectivity index (χ3v) is 2.47. The van der Waals surface area contributed by atoms with E-state index < -0.39 is 11.9 Å². The van der Waals surface area contributed by atoms with Gasteiger partial charge in [0, 0.05) is 5.56 Å². The summed E-state index contributed by atoms with van der Waals surface area (Å²) in [6.07, 6.45) is 0. The molecule has 1 heterocycles. The molecule has 0 aliphatic carbocycles. The van der Waals surface area contributed by atoms with E-state index in [1.165, 1.54) is 0 Å². The summed E-state index contributed by atoms with van der Waals surface area (Å²) < 4.78 is 4.83. The second-order valence-electron chi connectivity index (χ2n) is 3.39. The van der Waals surface area contributed by atoms with E-state index in [1.807, 2.05) is 6.07 Å². The van der Waals surface area contributed by atoms with E-state index in [2.05, 4.69) is 10.3 Å². The number of alkyl halides is 1. The van der Waals surface area contributed by atoms with Crippen LogP contribution in [0.2, 0.25) is 0 Å². The van der Waals surface area contributed by atoms with Crippen LogP contribution in [0.5, 0.6) is 0 Å². The predicted octanol–water partition coefficient (Wildman–Crippen LogP) is 1.55. The molecule has 18 heavy (non-hydrogen) atoms. The number of aromatic amines is 1. The van der Waals surface area contributed by atoms with E-state index in [1.54, 1.807) is 13.8 Å². The zero-order chi connectivity index (χ0) is 13.7. The molecule has 0 aromatic carbocycles. The van der Waals surface area contributed by atoms with Gasteiger partial charge in [-0.25, -0.2) is 4.79 Å². The Morgan fingerprint density at radius 3 is 2.72 bits per heavy atom. The number of amides is 1. The minimum Gasteiger partial charge on any atom is -0.461 e. The molecule has 0 aliphatic heterocycles. The predicted molar refractivity (Wildman–Crippen MR) is 65.6 cm³/mol. The number of carbonyl (C=O) groups excluding carboxylic acids is 2. The number of H-pyrrole nitrogens is 1. The summed E-state index contributed by atoms with van der Waals surface area (Å²) in [4.78, 5) is 25.4. The lowest BCUT2D eigenvalue weighted by Crippen LogP contribution is -2.14. The number of ether oxygens (including phenoxy) is 1. The van der Waals surface area contributed by atoms with E-state index in [0.29, 0.717) is 5.56 Å². The maximum absolute atomic E-state index is 11.6. The molecule has 0 saturated carbocycles. The first kappa shape index (κ1) is 14.1. The minimum atomic E-state index is -0.571. The third kappa shape index (κ3) is 2.81. The van der Waals surface area contributed by atoms with Crippen LogP contribution in [0.1, 0.15) is 28.5 Å². The number of aromatic nitrogens is 1. The molecule has 0 atom stereocenters. The molecule has 0 fully saturated rings. The largest absolute Gasteiger partial charge is 0.461 e. The molecule has 1 aromatic rings. The van der Waals surface area contributed by atoms with Crippen LogP contribution in [0.4, 0.5) is 5.82 Å². The van der Waals surface area contributed by atoms with Crippen molar-refractivity contribution < 1.29 is 14.3 Å². The van der Waals surface area contributed by atoms with Crippen LogP contribution in [0.15, 0.2) is 0 Å². The molecular weight excluding hydrogens is 258 g/mol. The van der Waals surface area contributed by atoms with Gasteiger partial charge in [-0.1, -0.05) is 0 Å². The third-order valence-electron chi connectivity index (χ3n) is 2.23. The number of rotatable bonds is 4. The molecule has 0 unspecified atom stereocenters. The van der Waals surface area contributed by atoms with Gasteiger partial charge >= 0.3 is 5.97 Å². The second-order valence-corrected chi connectivity index (χ2v) is 3.66. The highest BCUT2D eigenvalue weighted by Gasteiger charge is 2.21. The van der Waals surface area contributed by atoms with E-state index in [-0.39, 0.29) is 29.6 Å². The number of nitriles is 1. The van der Waals surface area contributed by atoms with Crippen molar-refractivity contribution in [1.82, 2.24) is 4.98 Å². The van der Waals surface area contributed by atoms with Crippen molar-refractivity contribution in [3.8, 4) is 6.07 Å². The molecule has 2 N–H and O–H groups in total. The number of halogens is 1. The van der Waals surface area contributed by atoms with Gasteiger partial charge in [-0.2, -0.15) is 5.26 Å². The Hall–Kier alpha value is -2.00. The van der Waals surface area contributed by atoms with Gasteiger partial charge in [0.2, 0.25) is 5.91 Å². The summed E-state index contributed by atoms with van der Waals surface area (Å²) in [6.45, 7) is 3.50. The SMILES string of the molecule is CCOC(=O)c1[nH]c(NC(=O)CCl)c(C#N)c1C. The monoisotopic (exact) mass is 269 g/mol. The highest BCUT2D eigenvalue weighted by atomic mass is 35.5. The van der Waals surface area contributed by atoms with E-state index >= 15 is 0 Å². The van der Waals surface area contributed by atoms with Crippen molar-refractivity contribution in [1.29, 1.82) is 5.26 Å². The Labute approximate surface area is 109 Å². The maximum Gasteiger partial charge on any atom is 0.355 e. The Morgan fingerprint density at radius 1 is 1.56 bits per heavy atom. The van der Waals surface area contributed by atoms with Crippen molar-refractivity contribution in [2.75, 3.05) is 17.8 Å². The summed E-state index contributed by atoms with van der Waals surface area (Å²) in [5, 5.41) is 11.4. The van der Waals surface area contributed by atoms with Crippen LogP contribution >= 0.6 is 11.6 Å². The van der Waals surface area contributed by atoms with E-state index in [4.69, 9.17) is 21.6 Å². The Bertz CT molecular complexity index is 516. The standard InChI is InChI=1S/C11H12ClN3O3/c1-3-18-11(17)9-6(2)7(5-13)10(15-9)14-8(16)4-12/h15H,3-4H2,1-2H3,(H,14,16). The number of nitrogens with zero attached hydrogens (tertiary/aromatic N) is 1. The number of anilines is 1. The van der Waals surface area contributed by atoms with Crippen LogP contribution in [0.3, 0.4) is 0 Å². The van der Waals surface area contributed by atoms with E-state index in [0.717, 1.165) is 0 Å². The summed E-state index contributed by atoms with van der Waals surface area (Å²) in [7, 11) is 0. The van der Waals surface area contributed by atoms with Crippen molar-refractivity contribution in [3.63, 3.8) is 0 Å². The van der Waals surface area contributed by atoms with Gasteiger partial charge in [-0.3, -0.25) is 4.79 Å². The quantitative estimate of drug-likeness (QED) is 0.640. The fraction of sp³-hybridized carbons (Fsp3) is 0.364. The summed E-state index contributed by atoms with van der Waals surface area (Å²) >= 11 is 5.36. The highest BCUT2D eigenvalue weighted by Crippen LogP contribution is 2.22. The molecule has 0 saturated heterocycles. The summed E-state index contributed by atoms with van der Waals surface area (Å²) in [6, 6.07) is 1.91. The zero-order valence-corrected chi connectivity index (χ0v) is 10.7. The first-order chi connectivity index (χ1) is 8.54. The summed E-state index contributed by atoms with van der Waals surface area (Å²) in [5.41, 5.74) is 0.774.